The largest absolute Gasteiger partial charge is 0.477 e. The molecule has 1 unspecified atom stereocenters. The van der Waals surface area contributed by atoms with Gasteiger partial charge in [-0.15, -0.1) is 11.8 Å². The molecule has 14 heteroatoms. The lowest BCUT2D eigenvalue weighted by Crippen LogP contribution is -2.71. The van der Waals surface area contributed by atoms with E-state index >= 15 is 0 Å². The number of carboxylic acid groups (broad SMARTS) is 1. The number of carboxylic acids is 1. The minimum absolute atomic E-state index is 0.0164. The predicted molar refractivity (Wildman–Crippen MR) is 128 cm³/mol. The molecule has 0 radical (unpaired) electrons. The number of nitrogen functional groups attached to an aromatic ring is 1. The summed E-state index contributed by atoms with van der Waals surface area (Å²) in [7, 11) is 0. The third-order valence-corrected chi connectivity index (χ3v) is 7.14. The molecule has 2 aliphatic rings. The Hall–Kier alpha value is -3.52. The Bertz CT molecular complexity index is 1240. The lowest BCUT2D eigenvalue weighted by Gasteiger charge is -2.49. The molecule has 2 aliphatic heterocycles. The molecule has 2 aromatic heterocycles. The van der Waals surface area contributed by atoms with E-state index in [2.05, 4.69) is 19.8 Å². The van der Waals surface area contributed by atoms with Crippen molar-refractivity contribution >= 4 is 51.9 Å². The zero-order valence-electron chi connectivity index (χ0n) is 19.2. The highest BCUT2D eigenvalue weighted by Gasteiger charge is 2.54. The maximum atomic E-state index is 13.0. The zero-order chi connectivity index (χ0) is 25.3. The number of anilines is 1. The lowest BCUT2D eigenvalue weighted by molar-refractivity contribution is -0.689. The number of aromatic nitrogens is 3. The molecule has 0 bridgehead atoms. The van der Waals surface area contributed by atoms with Crippen LogP contribution < -0.4 is 15.6 Å². The van der Waals surface area contributed by atoms with Crippen molar-refractivity contribution in [2.24, 2.45) is 5.16 Å². The second kappa shape index (κ2) is 10.00. The van der Waals surface area contributed by atoms with E-state index in [1.54, 1.807) is 6.92 Å². The van der Waals surface area contributed by atoms with Crippen molar-refractivity contribution in [3.05, 3.63) is 46.7 Å². The number of aliphatic carboxylic acids is 1. The predicted octanol–water partition coefficient (Wildman–Crippen LogP) is 0.204. The van der Waals surface area contributed by atoms with Crippen LogP contribution in [0.15, 0.2) is 34.9 Å². The average molecular weight is 519 g/mol. The third-order valence-electron chi connectivity index (χ3n) is 5.26. The smallest absolute Gasteiger partial charge is 0.352 e. The molecule has 184 valence electrons. The molecule has 4 N–H and O–H groups in total. The number of nitrogens with zero attached hydrogens (tertiary/aromatic N) is 5. The van der Waals surface area contributed by atoms with Gasteiger partial charge in [-0.25, -0.2) is 9.36 Å². The zero-order valence-corrected chi connectivity index (χ0v) is 20.9. The number of nitrogens with one attached hydrogen (secondary N) is 1. The van der Waals surface area contributed by atoms with Crippen molar-refractivity contribution in [2.45, 2.75) is 38.7 Å². The maximum absolute atomic E-state index is 13.0. The quantitative estimate of drug-likeness (QED) is 0.192. The van der Waals surface area contributed by atoms with E-state index in [4.69, 9.17) is 10.6 Å². The SMILES string of the molecule is CCO/N=C(\C(=O)NC1C(=O)N2C(C(=O)O)=C(C[n+]3cc(C)cc(C)c3)CS[C@H]12)c1nsc(N)n1. The monoisotopic (exact) mass is 518 g/mol. The molecule has 2 aromatic rings. The fraction of sp³-hybridized carbons (Fsp3) is 0.381. The number of thioether (sulfide) groups is 1. The summed E-state index contributed by atoms with van der Waals surface area (Å²) in [6.45, 7) is 6.17. The summed E-state index contributed by atoms with van der Waals surface area (Å²) in [4.78, 5) is 48.3. The maximum Gasteiger partial charge on any atom is 0.352 e. The first-order valence-corrected chi connectivity index (χ1v) is 12.5. The van der Waals surface area contributed by atoms with Crippen LogP contribution in [0.4, 0.5) is 5.13 Å². The van der Waals surface area contributed by atoms with Gasteiger partial charge in [0, 0.05) is 34.0 Å². The molecule has 4 rings (SSSR count). The Kier molecular flexibility index (Phi) is 7.03. The van der Waals surface area contributed by atoms with Crippen LogP contribution in [0.2, 0.25) is 0 Å². The summed E-state index contributed by atoms with van der Waals surface area (Å²) in [5.74, 6) is -2.04. The van der Waals surface area contributed by atoms with E-state index in [1.807, 2.05) is 36.9 Å². The number of β-lactam (4-membered cyclic amide) rings is 1. The topological polar surface area (TPSA) is 164 Å². The number of aryl methyl sites for hydroxylation is 2. The van der Waals surface area contributed by atoms with Crippen LogP contribution in [-0.4, -0.2) is 66.6 Å². The average Bonchev–Trinajstić information content (AvgIpc) is 3.22. The van der Waals surface area contributed by atoms with Gasteiger partial charge in [-0.1, -0.05) is 5.16 Å². The number of oxime groups is 1. The van der Waals surface area contributed by atoms with Gasteiger partial charge >= 0.3 is 5.97 Å². The number of fused-ring (bicyclic) bond motifs is 1. The molecular weight excluding hydrogens is 494 g/mol. The first kappa shape index (κ1) is 24.6. The summed E-state index contributed by atoms with van der Waals surface area (Å²) in [5, 5.41) is 15.9. The van der Waals surface area contributed by atoms with Crippen molar-refractivity contribution in [1.29, 1.82) is 0 Å². The summed E-state index contributed by atoms with van der Waals surface area (Å²) < 4.78 is 5.90. The number of pyridine rings is 1. The van der Waals surface area contributed by atoms with Crippen LogP contribution >= 0.6 is 23.3 Å². The molecule has 0 saturated carbocycles. The molecule has 12 nitrogen and oxygen atoms in total. The number of hydrogen-bond acceptors (Lipinski definition) is 10. The fourth-order valence-electron chi connectivity index (χ4n) is 3.96. The first-order valence-electron chi connectivity index (χ1n) is 10.7. The minimum Gasteiger partial charge on any atom is -0.477 e. The van der Waals surface area contributed by atoms with Crippen LogP contribution in [0.25, 0.3) is 0 Å². The fourth-order valence-corrected chi connectivity index (χ4v) is 5.73. The van der Waals surface area contributed by atoms with Crippen LogP contribution in [-0.2, 0) is 25.8 Å². The van der Waals surface area contributed by atoms with E-state index in [0.29, 0.717) is 17.9 Å². The van der Waals surface area contributed by atoms with Gasteiger partial charge in [0.05, 0.1) is 0 Å². The molecule has 0 spiro atoms. The summed E-state index contributed by atoms with van der Waals surface area (Å²) >= 11 is 2.28. The standard InChI is InChI=1S/C21H23N7O5S2/c1-4-33-25-13(16-24-21(22)35-26-16)17(29)23-14-18(30)28-15(20(31)32)12(9-34-19(14)28)8-27-6-10(2)5-11(3)7-27/h5-7,14,19H,4,8-9H2,1-3H3,(H3-,22,23,24,26,29,31,32)/p+1/b25-13-/t14?,19-/m1/s1. The van der Waals surface area contributed by atoms with Gasteiger partial charge in [-0.05, 0) is 26.8 Å². The van der Waals surface area contributed by atoms with Crippen molar-refractivity contribution < 1.29 is 28.9 Å². The lowest BCUT2D eigenvalue weighted by atomic mass is 10.0. The summed E-state index contributed by atoms with van der Waals surface area (Å²) in [6.07, 6.45) is 3.85. The molecular formula is C21H24N7O5S2+. The molecule has 0 aromatic carbocycles. The molecule has 2 amide bonds. The van der Waals surface area contributed by atoms with E-state index in [0.717, 1.165) is 22.7 Å². The van der Waals surface area contributed by atoms with Crippen LogP contribution in [0, 0.1) is 13.8 Å². The number of rotatable bonds is 8. The first-order chi connectivity index (χ1) is 16.7. The highest BCUT2D eigenvalue weighted by atomic mass is 32.2. The number of hydrogen-bond donors (Lipinski definition) is 3. The Labute approximate surface area is 209 Å². The normalized spacial score (nSPS) is 19.8. The van der Waals surface area contributed by atoms with E-state index in [1.165, 1.54) is 16.7 Å². The van der Waals surface area contributed by atoms with Gasteiger partial charge in [0.25, 0.3) is 11.8 Å². The van der Waals surface area contributed by atoms with E-state index < -0.39 is 29.2 Å². The van der Waals surface area contributed by atoms with Crippen molar-refractivity contribution in [3.63, 3.8) is 0 Å². The summed E-state index contributed by atoms with van der Waals surface area (Å²) in [5.41, 5.74) is 8.06. The van der Waals surface area contributed by atoms with Gasteiger partial charge in [0.1, 0.15) is 23.7 Å². The van der Waals surface area contributed by atoms with Crippen molar-refractivity contribution in [1.82, 2.24) is 19.6 Å². The number of carbonyl (C=O) groups is 3. The summed E-state index contributed by atoms with van der Waals surface area (Å²) in [6, 6.07) is 1.10. The molecule has 1 fully saturated rings. The van der Waals surface area contributed by atoms with Crippen LogP contribution in [0.3, 0.4) is 0 Å². The number of carbonyl (C=O) groups excluding carboxylic acids is 2. The molecule has 35 heavy (non-hydrogen) atoms. The molecule has 4 heterocycles. The Morgan fingerprint density at radius 3 is 2.69 bits per heavy atom. The Balaban J connectivity index is 1.54. The number of amides is 2. The van der Waals surface area contributed by atoms with Crippen LogP contribution in [0.5, 0.6) is 0 Å². The van der Waals surface area contributed by atoms with Gasteiger partial charge < -0.3 is 21.0 Å². The van der Waals surface area contributed by atoms with E-state index in [9.17, 15) is 19.5 Å². The molecule has 1 saturated heterocycles. The van der Waals surface area contributed by atoms with Gasteiger partial charge in [-0.3, -0.25) is 14.5 Å². The van der Waals surface area contributed by atoms with Gasteiger partial charge in [-0.2, -0.15) is 9.36 Å². The van der Waals surface area contributed by atoms with Crippen molar-refractivity contribution in [3.8, 4) is 0 Å². The van der Waals surface area contributed by atoms with Crippen molar-refractivity contribution in [2.75, 3.05) is 18.1 Å². The minimum atomic E-state index is -1.19. The van der Waals surface area contributed by atoms with Gasteiger partial charge in [0.15, 0.2) is 24.1 Å². The Morgan fingerprint density at radius 2 is 2.09 bits per heavy atom. The highest BCUT2D eigenvalue weighted by Crippen LogP contribution is 2.40. The third kappa shape index (κ3) is 4.98. The highest BCUT2D eigenvalue weighted by molar-refractivity contribution is 8.00. The molecule has 0 aliphatic carbocycles. The second-order valence-corrected chi connectivity index (χ2v) is 9.88. The molecule has 2 atom stereocenters. The van der Waals surface area contributed by atoms with Crippen LogP contribution in [0.1, 0.15) is 23.9 Å². The number of nitrogens with two attached hydrogens (primary N) is 1. The second-order valence-electron chi connectivity index (χ2n) is 8.00. The Morgan fingerprint density at radius 1 is 1.37 bits per heavy atom. The van der Waals surface area contributed by atoms with Gasteiger partial charge in [0.2, 0.25) is 11.5 Å². The van der Waals surface area contributed by atoms with E-state index in [-0.39, 0.29) is 29.0 Å².